The number of nitrogens with zero attached hydrogens (tertiary/aromatic N) is 4. The van der Waals surface area contributed by atoms with Gasteiger partial charge in [-0.3, -0.25) is 4.79 Å². The van der Waals surface area contributed by atoms with E-state index in [0.29, 0.717) is 27.7 Å². The number of halogens is 1. The number of amides is 1. The molecule has 0 unspecified atom stereocenters. The van der Waals surface area contributed by atoms with Crippen molar-refractivity contribution in [1.29, 1.82) is 0 Å². The average Bonchev–Trinajstić information content (AvgIpc) is 3.28. The summed E-state index contributed by atoms with van der Waals surface area (Å²) >= 11 is 8.68. The van der Waals surface area contributed by atoms with Gasteiger partial charge in [0.1, 0.15) is 12.4 Å². The largest absolute Gasteiger partial charge is 0.485 e. The molecule has 0 spiro atoms. The molecule has 3 rings (SSSR count). The Morgan fingerprint density at radius 3 is 2.96 bits per heavy atom. The molecule has 7 nitrogen and oxygen atoms in total. The Balaban J connectivity index is 1.59. The molecule has 0 atom stereocenters. The second-order valence-electron chi connectivity index (χ2n) is 5.52. The maximum atomic E-state index is 12.0. The first kappa shape index (κ1) is 19.7. The van der Waals surface area contributed by atoms with Gasteiger partial charge in [-0.05, 0) is 37.6 Å². The number of thiazole rings is 1. The molecule has 2 heterocycles. The monoisotopic (exact) mass is 423 g/mol. The van der Waals surface area contributed by atoms with E-state index in [9.17, 15) is 4.79 Å². The molecule has 3 aromatic rings. The van der Waals surface area contributed by atoms with Gasteiger partial charge in [-0.2, -0.15) is 0 Å². The predicted molar refractivity (Wildman–Crippen MR) is 108 cm³/mol. The van der Waals surface area contributed by atoms with Crippen LogP contribution in [0.1, 0.15) is 18.3 Å². The van der Waals surface area contributed by atoms with Crippen molar-refractivity contribution < 1.29 is 9.53 Å². The van der Waals surface area contributed by atoms with Crippen LogP contribution in [0.3, 0.4) is 0 Å². The number of thioether (sulfide) groups is 1. The highest BCUT2D eigenvalue weighted by molar-refractivity contribution is 7.99. The molecule has 27 heavy (non-hydrogen) atoms. The van der Waals surface area contributed by atoms with Crippen molar-refractivity contribution in [2.75, 3.05) is 11.1 Å². The Labute approximate surface area is 170 Å². The minimum absolute atomic E-state index is 0.129. The molecule has 0 saturated carbocycles. The first-order valence-corrected chi connectivity index (χ1v) is 10.4. The maximum Gasteiger partial charge on any atom is 0.236 e. The van der Waals surface area contributed by atoms with Crippen molar-refractivity contribution in [2.24, 2.45) is 0 Å². The third-order valence-electron chi connectivity index (χ3n) is 3.61. The van der Waals surface area contributed by atoms with E-state index in [0.717, 1.165) is 11.3 Å². The van der Waals surface area contributed by atoms with Gasteiger partial charge in [0.2, 0.25) is 5.91 Å². The number of carbonyl (C=O) groups is 1. The van der Waals surface area contributed by atoms with Crippen LogP contribution in [0.2, 0.25) is 5.02 Å². The van der Waals surface area contributed by atoms with E-state index in [1.807, 2.05) is 35.9 Å². The van der Waals surface area contributed by atoms with Crippen LogP contribution in [-0.2, 0) is 17.9 Å². The molecular weight excluding hydrogens is 406 g/mol. The quantitative estimate of drug-likeness (QED) is 0.551. The van der Waals surface area contributed by atoms with Gasteiger partial charge >= 0.3 is 0 Å². The summed E-state index contributed by atoms with van der Waals surface area (Å²) in [5.74, 6) is 1.56. The number of anilines is 1. The Hall–Kier alpha value is -2.10. The number of rotatable bonds is 8. The van der Waals surface area contributed by atoms with Crippen molar-refractivity contribution >= 4 is 45.7 Å². The second kappa shape index (κ2) is 9.20. The minimum Gasteiger partial charge on any atom is -0.485 e. The van der Waals surface area contributed by atoms with Gasteiger partial charge in [-0.1, -0.05) is 23.4 Å². The van der Waals surface area contributed by atoms with Crippen LogP contribution in [-0.4, -0.2) is 31.4 Å². The Morgan fingerprint density at radius 2 is 2.26 bits per heavy atom. The zero-order chi connectivity index (χ0) is 19.2. The maximum absolute atomic E-state index is 12.0. The molecule has 142 valence electrons. The average molecular weight is 424 g/mol. The molecule has 0 bridgehead atoms. The fraction of sp³-hybridized carbons (Fsp3) is 0.294. The Morgan fingerprint density at radius 1 is 1.41 bits per heavy atom. The fourth-order valence-corrected chi connectivity index (χ4v) is 3.93. The lowest BCUT2D eigenvalue weighted by molar-refractivity contribution is -0.113. The molecular formula is C17H18ClN5O2S2. The van der Waals surface area contributed by atoms with Gasteiger partial charge in [0.25, 0.3) is 0 Å². The minimum atomic E-state index is -0.129. The van der Waals surface area contributed by atoms with Crippen LogP contribution in [0, 0.1) is 6.92 Å². The number of ether oxygens (including phenoxy) is 1. The van der Waals surface area contributed by atoms with E-state index >= 15 is 0 Å². The second-order valence-corrected chi connectivity index (χ2v) is 7.79. The molecule has 1 aromatic carbocycles. The summed E-state index contributed by atoms with van der Waals surface area (Å²) in [4.78, 5) is 16.0. The number of carbonyl (C=O) groups excluding carboxylic acids is 1. The van der Waals surface area contributed by atoms with Crippen LogP contribution in [0.4, 0.5) is 5.13 Å². The lowest BCUT2D eigenvalue weighted by atomic mass is 10.2. The van der Waals surface area contributed by atoms with Gasteiger partial charge in [0.05, 0.1) is 5.75 Å². The third kappa shape index (κ3) is 5.21. The summed E-state index contributed by atoms with van der Waals surface area (Å²) < 4.78 is 7.79. The summed E-state index contributed by atoms with van der Waals surface area (Å²) in [6, 6.07) is 5.48. The fourth-order valence-electron chi connectivity index (χ4n) is 2.34. The molecule has 0 aliphatic rings. The predicted octanol–water partition coefficient (Wildman–Crippen LogP) is 4.03. The number of aryl methyl sites for hydroxylation is 1. The number of aromatic nitrogens is 4. The van der Waals surface area contributed by atoms with E-state index in [1.165, 1.54) is 23.1 Å². The standard InChI is InChI=1S/C17H18ClN5O2S2/c1-3-23-14(9-25-13-5-4-12(18)8-11(13)2)21-22-17(23)27-10-15(24)20-16-19-6-7-26-16/h4-8H,3,9-10H2,1-2H3,(H,19,20,24). The van der Waals surface area contributed by atoms with Gasteiger partial charge < -0.3 is 14.6 Å². The first-order chi connectivity index (χ1) is 13.1. The first-order valence-electron chi connectivity index (χ1n) is 8.20. The molecule has 0 saturated heterocycles. The third-order valence-corrected chi connectivity index (χ3v) is 5.50. The molecule has 1 amide bonds. The zero-order valence-electron chi connectivity index (χ0n) is 14.8. The topological polar surface area (TPSA) is 81.9 Å². The van der Waals surface area contributed by atoms with Gasteiger partial charge in [-0.15, -0.1) is 21.5 Å². The van der Waals surface area contributed by atoms with E-state index in [4.69, 9.17) is 16.3 Å². The van der Waals surface area contributed by atoms with Crippen molar-refractivity contribution in [3.63, 3.8) is 0 Å². The Bertz CT molecular complexity index is 914. The molecule has 0 fully saturated rings. The van der Waals surface area contributed by atoms with E-state index in [1.54, 1.807) is 12.3 Å². The molecule has 0 aliphatic heterocycles. The highest BCUT2D eigenvalue weighted by Crippen LogP contribution is 2.23. The normalized spacial score (nSPS) is 10.8. The van der Waals surface area contributed by atoms with Crippen LogP contribution in [0.15, 0.2) is 34.9 Å². The number of nitrogens with one attached hydrogen (secondary N) is 1. The molecule has 2 aromatic heterocycles. The summed E-state index contributed by atoms with van der Waals surface area (Å²) in [6.07, 6.45) is 1.65. The highest BCUT2D eigenvalue weighted by atomic mass is 35.5. The SMILES string of the molecule is CCn1c(COc2ccc(Cl)cc2C)nnc1SCC(=O)Nc1nccs1. The van der Waals surface area contributed by atoms with Crippen molar-refractivity contribution in [3.8, 4) is 5.75 Å². The van der Waals surface area contributed by atoms with Gasteiger partial charge in [0.15, 0.2) is 16.1 Å². The summed E-state index contributed by atoms with van der Waals surface area (Å²) in [7, 11) is 0. The van der Waals surface area contributed by atoms with Gasteiger partial charge in [-0.25, -0.2) is 4.98 Å². The number of hydrogen-bond acceptors (Lipinski definition) is 7. The molecule has 0 aliphatic carbocycles. The lowest BCUT2D eigenvalue weighted by Crippen LogP contribution is -2.14. The van der Waals surface area contributed by atoms with Gasteiger partial charge in [0, 0.05) is 23.1 Å². The molecule has 10 heteroatoms. The van der Waals surface area contributed by atoms with Crippen molar-refractivity contribution in [2.45, 2.75) is 32.2 Å². The van der Waals surface area contributed by atoms with E-state index in [2.05, 4.69) is 20.5 Å². The van der Waals surface area contributed by atoms with E-state index in [-0.39, 0.29) is 18.3 Å². The molecule has 1 N–H and O–H groups in total. The van der Waals surface area contributed by atoms with Crippen LogP contribution in [0.5, 0.6) is 5.75 Å². The summed E-state index contributed by atoms with van der Waals surface area (Å²) in [5, 5.41) is 14.9. The smallest absolute Gasteiger partial charge is 0.236 e. The Kier molecular flexibility index (Phi) is 6.70. The summed E-state index contributed by atoms with van der Waals surface area (Å²) in [6.45, 7) is 4.91. The molecule has 0 radical (unpaired) electrons. The summed E-state index contributed by atoms with van der Waals surface area (Å²) in [5.41, 5.74) is 0.957. The van der Waals surface area contributed by atoms with Crippen LogP contribution >= 0.6 is 34.7 Å². The lowest BCUT2D eigenvalue weighted by Gasteiger charge is -2.10. The highest BCUT2D eigenvalue weighted by Gasteiger charge is 2.14. The van der Waals surface area contributed by atoms with Crippen molar-refractivity contribution in [1.82, 2.24) is 19.7 Å². The van der Waals surface area contributed by atoms with Crippen molar-refractivity contribution in [3.05, 3.63) is 46.2 Å². The zero-order valence-corrected chi connectivity index (χ0v) is 17.2. The number of benzene rings is 1. The number of hydrogen-bond donors (Lipinski definition) is 1. The van der Waals surface area contributed by atoms with E-state index < -0.39 is 0 Å². The van der Waals surface area contributed by atoms with Crippen LogP contribution in [0.25, 0.3) is 0 Å². The van der Waals surface area contributed by atoms with Crippen LogP contribution < -0.4 is 10.1 Å².